The van der Waals surface area contributed by atoms with E-state index in [1.165, 1.54) is 70.2 Å². The molecule has 4 heteroatoms. The van der Waals surface area contributed by atoms with E-state index in [2.05, 4.69) is 154 Å². The molecule has 0 spiro atoms. The number of rotatable bonds is 1. The van der Waals surface area contributed by atoms with Crippen LogP contribution in [0.3, 0.4) is 0 Å². The molecule has 46 heavy (non-hydrogen) atoms. The molecule has 0 fully saturated rings. The predicted octanol–water partition coefficient (Wildman–Crippen LogP) is 9.42. The van der Waals surface area contributed by atoms with Crippen LogP contribution in [0.15, 0.2) is 121 Å². The minimum atomic E-state index is -0.199. The van der Waals surface area contributed by atoms with Gasteiger partial charge in [-0.3, -0.25) is 0 Å². The first-order chi connectivity index (χ1) is 22.3. The van der Waals surface area contributed by atoms with Crippen molar-refractivity contribution in [1.29, 1.82) is 0 Å². The van der Waals surface area contributed by atoms with Crippen LogP contribution >= 0.6 is 11.3 Å². The molecule has 0 unspecified atom stereocenters. The maximum Gasteiger partial charge on any atom is 0.251 e. The lowest BCUT2D eigenvalue weighted by atomic mass is 9.30. The lowest BCUT2D eigenvalue weighted by molar-refractivity contribution is 0.484. The minimum Gasteiger partial charge on any atom is -0.458 e. The molecule has 10 rings (SSSR count). The Morgan fingerprint density at radius 3 is 2.11 bits per heavy atom. The highest BCUT2D eigenvalue weighted by Crippen LogP contribution is 2.55. The summed E-state index contributed by atoms with van der Waals surface area (Å²) in [6.45, 7) is 9.66. The van der Waals surface area contributed by atoms with Crippen molar-refractivity contribution in [2.75, 3.05) is 4.90 Å². The van der Waals surface area contributed by atoms with Gasteiger partial charge in [0.15, 0.2) is 0 Å². The topological polar surface area (TPSA) is 12.5 Å². The van der Waals surface area contributed by atoms with Crippen molar-refractivity contribution in [3.63, 3.8) is 0 Å². The molecular formula is C42H32BNOS. The van der Waals surface area contributed by atoms with Crippen LogP contribution < -0.4 is 26.0 Å². The maximum atomic E-state index is 6.87. The highest BCUT2D eigenvalue weighted by molar-refractivity contribution is 7.25. The van der Waals surface area contributed by atoms with Crippen molar-refractivity contribution in [3.05, 3.63) is 144 Å². The Balaban J connectivity index is 1.28. The van der Waals surface area contributed by atoms with Gasteiger partial charge >= 0.3 is 0 Å². The zero-order valence-electron chi connectivity index (χ0n) is 26.4. The highest BCUT2D eigenvalue weighted by Gasteiger charge is 2.46. The number of anilines is 3. The Kier molecular flexibility index (Phi) is 5.13. The number of para-hydroxylation sites is 2. The summed E-state index contributed by atoms with van der Waals surface area (Å²) in [6, 6.07) is 45.1. The molecule has 0 aliphatic carbocycles. The first-order valence-corrected chi connectivity index (χ1v) is 17.0. The van der Waals surface area contributed by atoms with Crippen LogP contribution in [0.25, 0.3) is 20.2 Å². The standard InChI is InChI=1S/C42H32BNOS/c1-41(2)28-14-6-8-16-32(28)43-33-17-9-11-19-36(33)45-37-22-25(21-31(41)40(37)43)44-34-18-10-7-15-29(34)42(3,4)30-23-27-26-13-5-12-20-38(26)46-39(27)24-35(30)44/h5-24H,1-4H3. The zero-order valence-corrected chi connectivity index (χ0v) is 27.2. The van der Waals surface area contributed by atoms with Crippen molar-refractivity contribution in [1.82, 2.24) is 0 Å². The Labute approximate surface area is 274 Å². The van der Waals surface area contributed by atoms with Crippen LogP contribution in [0.4, 0.5) is 17.1 Å². The molecule has 220 valence electrons. The number of nitrogens with zero attached hydrogens (tertiary/aromatic N) is 1. The van der Waals surface area contributed by atoms with Crippen LogP contribution in [-0.4, -0.2) is 6.71 Å². The van der Waals surface area contributed by atoms with Gasteiger partial charge in [-0.2, -0.15) is 0 Å². The van der Waals surface area contributed by atoms with E-state index < -0.39 is 0 Å². The van der Waals surface area contributed by atoms with Crippen molar-refractivity contribution in [2.24, 2.45) is 0 Å². The third-order valence-electron chi connectivity index (χ3n) is 11.0. The van der Waals surface area contributed by atoms with E-state index in [4.69, 9.17) is 4.74 Å². The van der Waals surface area contributed by atoms with Gasteiger partial charge in [0.05, 0.1) is 17.1 Å². The number of hydrogen-bond donors (Lipinski definition) is 0. The average Bonchev–Trinajstić information content (AvgIpc) is 3.43. The summed E-state index contributed by atoms with van der Waals surface area (Å²) in [5.74, 6) is 1.91. The van der Waals surface area contributed by atoms with Crippen LogP contribution in [0.2, 0.25) is 0 Å². The number of fused-ring (bicyclic) bond motifs is 9. The predicted molar refractivity (Wildman–Crippen MR) is 196 cm³/mol. The molecule has 0 atom stereocenters. The summed E-state index contributed by atoms with van der Waals surface area (Å²) in [6.07, 6.45) is 0. The minimum absolute atomic E-state index is 0.145. The molecule has 2 nitrogen and oxygen atoms in total. The van der Waals surface area contributed by atoms with Crippen LogP contribution in [0.1, 0.15) is 49.9 Å². The molecule has 1 aromatic heterocycles. The number of thiophene rings is 1. The second-order valence-corrected chi connectivity index (χ2v) is 15.2. The fourth-order valence-corrected chi connectivity index (χ4v) is 9.83. The van der Waals surface area contributed by atoms with Gasteiger partial charge in [-0.15, -0.1) is 11.3 Å². The lowest BCUT2D eigenvalue weighted by Crippen LogP contribution is -2.62. The van der Waals surface area contributed by atoms with E-state index in [1.807, 2.05) is 11.3 Å². The smallest absolute Gasteiger partial charge is 0.251 e. The van der Waals surface area contributed by atoms with Crippen molar-refractivity contribution < 1.29 is 4.74 Å². The first kappa shape index (κ1) is 26.4. The van der Waals surface area contributed by atoms with Crippen molar-refractivity contribution >= 4 is 71.7 Å². The fraction of sp³-hybridized carbons (Fsp3) is 0.143. The van der Waals surface area contributed by atoms with Gasteiger partial charge in [0.2, 0.25) is 0 Å². The molecule has 0 bridgehead atoms. The lowest BCUT2D eigenvalue weighted by Gasteiger charge is -2.44. The summed E-state index contributed by atoms with van der Waals surface area (Å²) in [5.41, 5.74) is 12.6. The van der Waals surface area contributed by atoms with E-state index in [9.17, 15) is 0 Å². The monoisotopic (exact) mass is 609 g/mol. The van der Waals surface area contributed by atoms with E-state index in [0.29, 0.717) is 0 Å². The van der Waals surface area contributed by atoms with Gasteiger partial charge in [0, 0.05) is 37.1 Å². The van der Waals surface area contributed by atoms with Gasteiger partial charge < -0.3 is 9.64 Å². The molecule has 6 aromatic carbocycles. The van der Waals surface area contributed by atoms with Crippen molar-refractivity contribution in [3.8, 4) is 11.5 Å². The summed E-state index contributed by atoms with van der Waals surface area (Å²) in [7, 11) is 0. The fourth-order valence-electron chi connectivity index (χ4n) is 8.71. The third kappa shape index (κ3) is 3.32. The molecule has 7 aromatic rings. The Morgan fingerprint density at radius 2 is 1.24 bits per heavy atom. The normalized spacial score (nSPS) is 16.3. The van der Waals surface area contributed by atoms with Gasteiger partial charge in [0.1, 0.15) is 11.5 Å². The van der Waals surface area contributed by atoms with Crippen molar-refractivity contribution in [2.45, 2.75) is 38.5 Å². The molecule has 4 heterocycles. The SMILES string of the molecule is CC1(C)c2ccccc2N(c2cc3c4c(c2)C(C)(C)c2ccccc2B4c2ccccc2O3)c2cc3sc4ccccc4c3cc21. The average molecular weight is 610 g/mol. The number of hydrogen-bond acceptors (Lipinski definition) is 3. The van der Waals surface area contributed by atoms with Crippen LogP contribution in [-0.2, 0) is 10.8 Å². The molecule has 3 aliphatic heterocycles. The van der Waals surface area contributed by atoms with Crippen LogP contribution in [0.5, 0.6) is 11.5 Å². The van der Waals surface area contributed by atoms with Gasteiger partial charge in [0.25, 0.3) is 6.71 Å². The largest absolute Gasteiger partial charge is 0.458 e. The van der Waals surface area contributed by atoms with E-state index >= 15 is 0 Å². The van der Waals surface area contributed by atoms with Gasteiger partial charge in [-0.1, -0.05) is 112 Å². The maximum absolute atomic E-state index is 6.87. The Bertz CT molecular complexity index is 2440. The first-order valence-electron chi connectivity index (χ1n) is 16.2. The van der Waals surface area contributed by atoms with Gasteiger partial charge in [-0.05, 0) is 69.6 Å². The summed E-state index contributed by atoms with van der Waals surface area (Å²) >= 11 is 1.89. The second kappa shape index (κ2) is 8.93. The van der Waals surface area contributed by atoms with Gasteiger partial charge in [-0.25, -0.2) is 0 Å². The molecular weight excluding hydrogens is 577 g/mol. The molecule has 0 saturated heterocycles. The Morgan fingerprint density at radius 1 is 0.543 bits per heavy atom. The van der Waals surface area contributed by atoms with E-state index in [0.717, 1.165) is 17.2 Å². The molecule has 0 N–H and O–H groups in total. The number of ether oxygens (including phenoxy) is 1. The Hall–Kier alpha value is -4.80. The third-order valence-corrected chi connectivity index (χ3v) is 12.1. The van der Waals surface area contributed by atoms with E-state index in [-0.39, 0.29) is 17.5 Å². The van der Waals surface area contributed by atoms with E-state index in [1.54, 1.807) is 0 Å². The molecule has 3 aliphatic rings. The summed E-state index contributed by atoms with van der Waals surface area (Å²) in [4.78, 5) is 2.51. The molecule has 0 amide bonds. The summed E-state index contributed by atoms with van der Waals surface area (Å²) in [5, 5.41) is 2.68. The highest BCUT2D eigenvalue weighted by atomic mass is 32.1. The number of benzene rings is 6. The zero-order chi connectivity index (χ0) is 30.9. The molecule has 0 saturated carbocycles. The summed E-state index contributed by atoms with van der Waals surface area (Å²) < 4.78 is 9.52. The second-order valence-electron chi connectivity index (χ2n) is 14.1. The van der Waals surface area contributed by atoms with Crippen LogP contribution in [0, 0.1) is 0 Å². The molecule has 0 radical (unpaired) electrons. The quantitative estimate of drug-likeness (QED) is 0.172.